The molecule has 0 amide bonds. The Morgan fingerprint density at radius 1 is 0.938 bits per heavy atom. The Bertz CT molecular complexity index is 196. The second-order valence-electron chi connectivity index (χ2n) is 2.77. The summed E-state index contributed by atoms with van der Waals surface area (Å²) < 4.78 is 8.74. The number of aliphatic hydroxyl groups is 2. The highest BCUT2D eigenvalue weighted by Crippen LogP contribution is 2.07. The number of rotatable bonds is 3. The van der Waals surface area contributed by atoms with Crippen LogP contribution in [0.2, 0.25) is 0 Å². The zero-order valence-corrected chi connectivity index (χ0v) is 8.40. The van der Waals surface area contributed by atoms with Crippen LogP contribution in [0.3, 0.4) is 0 Å². The zero-order valence-electron chi connectivity index (χ0n) is 8.40. The number of carbonyl (C=O) groups is 2. The molecular formula is C8H14O8. The van der Waals surface area contributed by atoms with Crippen LogP contribution in [-0.4, -0.2) is 71.0 Å². The second-order valence-corrected chi connectivity index (χ2v) is 2.77. The van der Waals surface area contributed by atoms with Crippen molar-refractivity contribution in [3.05, 3.63) is 0 Å². The minimum Gasteiger partial charge on any atom is -0.479 e. The van der Waals surface area contributed by atoms with E-state index in [1.54, 1.807) is 0 Å². The van der Waals surface area contributed by atoms with Gasteiger partial charge in [-0.15, -0.1) is 0 Å². The Balaban J connectivity index is 0.000000217. The summed E-state index contributed by atoms with van der Waals surface area (Å²) in [6.07, 6.45) is -0.963. The normalized spacial score (nSPS) is 24.1. The molecule has 0 aliphatic carbocycles. The topological polar surface area (TPSA) is 140 Å². The molecule has 2 unspecified atom stereocenters. The van der Waals surface area contributed by atoms with E-state index < -0.39 is 24.1 Å². The highest BCUT2D eigenvalue weighted by Gasteiger charge is 2.30. The van der Waals surface area contributed by atoms with Gasteiger partial charge in [-0.25, -0.2) is 9.59 Å². The van der Waals surface area contributed by atoms with E-state index in [9.17, 15) is 9.59 Å². The van der Waals surface area contributed by atoms with Crippen molar-refractivity contribution in [1.29, 1.82) is 0 Å². The van der Waals surface area contributed by atoms with Gasteiger partial charge in [-0.1, -0.05) is 0 Å². The van der Waals surface area contributed by atoms with E-state index in [0.717, 1.165) is 0 Å². The number of aliphatic carboxylic acids is 2. The van der Waals surface area contributed by atoms with E-state index in [-0.39, 0.29) is 13.2 Å². The molecule has 0 bridgehead atoms. The average molecular weight is 238 g/mol. The van der Waals surface area contributed by atoms with E-state index in [1.807, 2.05) is 0 Å². The van der Waals surface area contributed by atoms with Crippen molar-refractivity contribution in [1.82, 2.24) is 0 Å². The molecule has 16 heavy (non-hydrogen) atoms. The monoisotopic (exact) mass is 238 g/mol. The van der Waals surface area contributed by atoms with Crippen LogP contribution in [0.1, 0.15) is 0 Å². The van der Waals surface area contributed by atoms with Gasteiger partial charge in [0.15, 0.2) is 12.2 Å². The fraction of sp³-hybridized carbons (Fsp3) is 0.750. The highest BCUT2D eigenvalue weighted by atomic mass is 16.6. The maximum Gasteiger partial charge on any atom is 0.335 e. The molecule has 2 aliphatic heterocycles. The smallest absolute Gasteiger partial charge is 0.335 e. The summed E-state index contributed by atoms with van der Waals surface area (Å²) in [4.78, 5) is 19.3. The van der Waals surface area contributed by atoms with Gasteiger partial charge in [0, 0.05) is 0 Å². The Hall–Kier alpha value is -1.22. The van der Waals surface area contributed by atoms with Gasteiger partial charge in [-0.3, -0.25) is 0 Å². The number of ether oxygens (including phenoxy) is 2. The number of carboxylic acids is 2. The third kappa shape index (κ3) is 9.34. The van der Waals surface area contributed by atoms with Crippen LogP contribution in [0.4, 0.5) is 0 Å². The van der Waals surface area contributed by atoms with Crippen molar-refractivity contribution in [2.24, 2.45) is 0 Å². The predicted octanol–water partition coefficient (Wildman–Crippen LogP) is -2.09. The fourth-order valence-corrected chi connectivity index (χ4v) is 0.381. The zero-order chi connectivity index (χ0) is 12.6. The minimum absolute atomic E-state index is 0.125. The minimum atomic E-state index is -0.852. The van der Waals surface area contributed by atoms with Crippen LogP contribution in [0.5, 0.6) is 0 Å². The first-order valence-corrected chi connectivity index (χ1v) is 4.43. The van der Waals surface area contributed by atoms with Crippen molar-refractivity contribution in [3.8, 4) is 0 Å². The molecule has 94 valence electrons. The molecule has 0 saturated carbocycles. The Morgan fingerprint density at radius 2 is 1.19 bits per heavy atom. The molecule has 0 radical (unpaired) electrons. The first-order chi connectivity index (χ1) is 7.52. The van der Waals surface area contributed by atoms with Gasteiger partial charge in [-0.2, -0.15) is 0 Å². The molecule has 2 fully saturated rings. The van der Waals surface area contributed by atoms with Crippen molar-refractivity contribution in [3.63, 3.8) is 0 Å². The number of hydrogen-bond donors (Lipinski definition) is 4. The molecule has 8 heteroatoms. The first-order valence-electron chi connectivity index (χ1n) is 4.43. The summed E-state index contributed by atoms with van der Waals surface area (Å²) in [5.74, 6) is -1.70. The third-order valence-electron chi connectivity index (χ3n) is 1.32. The van der Waals surface area contributed by atoms with Crippen molar-refractivity contribution < 1.29 is 39.5 Å². The molecule has 0 aromatic carbocycles. The second kappa shape index (κ2) is 7.99. The molecule has 2 aliphatic rings. The van der Waals surface area contributed by atoms with Crippen LogP contribution in [0.25, 0.3) is 0 Å². The molecule has 2 saturated heterocycles. The molecule has 8 nitrogen and oxygen atoms in total. The highest BCUT2D eigenvalue weighted by molar-refractivity contribution is 5.74. The first kappa shape index (κ1) is 14.8. The molecule has 4 N–H and O–H groups in total. The van der Waals surface area contributed by atoms with Crippen molar-refractivity contribution >= 4 is 11.9 Å². The van der Waals surface area contributed by atoms with Gasteiger partial charge in [0.2, 0.25) is 0 Å². The molecule has 0 aromatic heterocycles. The van der Waals surface area contributed by atoms with Gasteiger partial charge >= 0.3 is 11.9 Å². The summed E-state index contributed by atoms with van der Waals surface area (Å²) in [6, 6.07) is 0. The summed E-state index contributed by atoms with van der Waals surface area (Å²) >= 11 is 0. The Labute approximate surface area is 91.0 Å². The van der Waals surface area contributed by atoms with Crippen molar-refractivity contribution in [2.45, 2.75) is 12.2 Å². The average Bonchev–Trinajstić information content (AvgIpc) is 3.10. The van der Waals surface area contributed by atoms with E-state index in [4.69, 9.17) is 20.4 Å². The number of epoxide rings is 2. The van der Waals surface area contributed by atoms with E-state index in [1.165, 1.54) is 0 Å². The van der Waals surface area contributed by atoms with Crippen LogP contribution in [0, 0.1) is 0 Å². The van der Waals surface area contributed by atoms with Gasteiger partial charge in [0.05, 0.1) is 26.4 Å². The van der Waals surface area contributed by atoms with E-state index in [0.29, 0.717) is 13.2 Å². The quantitative estimate of drug-likeness (QED) is 0.410. The Morgan fingerprint density at radius 3 is 1.19 bits per heavy atom. The number of aliphatic hydroxyl groups excluding tert-OH is 2. The molecule has 0 spiro atoms. The van der Waals surface area contributed by atoms with E-state index in [2.05, 4.69) is 9.47 Å². The van der Waals surface area contributed by atoms with Crippen LogP contribution in [-0.2, 0) is 19.1 Å². The third-order valence-corrected chi connectivity index (χ3v) is 1.32. The lowest BCUT2D eigenvalue weighted by Crippen LogP contribution is -2.02. The Kier molecular flexibility index (Phi) is 7.38. The fourth-order valence-electron chi connectivity index (χ4n) is 0.381. The van der Waals surface area contributed by atoms with Crippen LogP contribution >= 0.6 is 0 Å². The molecule has 0 aromatic rings. The van der Waals surface area contributed by atoms with Gasteiger partial charge in [0.1, 0.15) is 0 Å². The SMILES string of the molecule is O=C(O)C1CO1.O=C(O)C1CO1.OCCO. The molecule has 2 heterocycles. The van der Waals surface area contributed by atoms with E-state index >= 15 is 0 Å². The van der Waals surface area contributed by atoms with Gasteiger partial charge in [-0.05, 0) is 0 Å². The maximum atomic E-state index is 9.64. The van der Waals surface area contributed by atoms with Gasteiger partial charge in [0.25, 0.3) is 0 Å². The lowest BCUT2D eigenvalue weighted by Gasteiger charge is -1.72. The summed E-state index contributed by atoms with van der Waals surface area (Å²) in [7, 11) is 0. The molecule has 2 rings (SSSR count). The van der Waals surface area contributed by atoms with Crippen LogP contribution < -0.4 is 0 Å². The predicted molar refractivity (Wildman–Crippen MR) is 48.9 cm³/mol. The number of carboxylic acid groups (broad SMARTS) is 2. The molecular weight excluding hydrogens is 224 g/mol. The van der Waals surface area contributed by atoms with Crippen LogP contribution in [0.15, 0.2) is 0 Å². The lowest BCUT2D eigenvalue weighted by molar-refractivity contribution is -0.139. The summed E-state index contributed by atoms with van der Waals surface area (Å²) in [6.45, 7) is 0.546. The number of hydrogen-bond acceptors (Lipinski definition) is 6. The van der Waals surface area contributed by atoms with Gasteiger partial charge < -0.3 is 29.9 Å². The summed E-state index contributed by atoms with van der Waals surface area (Å²) in [5, 5.41) is 31.1. The summed E-state index contributed by atoms with van der Waals surface area (Å²) in [5.41, 5.74) is 0. The lowest BCUT2D eigenvalue weighted by atomic mass is 10.5. The standard InChI is InChI=1S/2C3H4O3.C2H6O2/c2*4-3(5)2-1-6-2;3-1-2-4/h2*2H,1H2,(H,4,5);3-4H,1-2H2. The van der Waals surface area contributed by atoms with Crippen molar-refractivity contribution in [2.75, 3.05) is 26.4 Å². The maximum absolute atomic E-state index is 9.64. The largest absolute Gasteiger partial charge is 0.479 e. The molecule has 2 atom stereocenters.